The van der Waals surface area contributed by atoms with Gasteiger partial charge in [-0.3, -0.25) is 5.73 Å². The van der Waals surface area contributed by atoms with E-state index in [2.05, 4.69) is 17.1 Å². The van der Waals surface area contributed by atoms with E-state index < -0.39 is 22.7 Å². The van der Waals surface area contributed by atoms with Gasteiger partial charge in [-0.05, 0) is 6.07 Å². The average molecular weight is 371 g/mol. The summed E-state index contributed by atoms with van der Waals surface area (Å²) < 4.78 is 27.9. The van der Waals surface area contributed by atoms with Crippen LogP contribution in [0.2, 0.25) is 0 Å². The number of ether oxygens (including phenoxy) is 5. The maximum absolute atomic E-state index is 10.2. The molecule has 1 aliphatic carbocycles. The molecule has 0 aromatic heterocycles. The Balaban J connectivity index is 1.96. The maximum atomic E-state index is 10.2. The van der Waals surface area contributed by atoms with Crippen LogP contribution in [0.1, 0.15) is 11.5 Å². The molecular formula is C18H19N4O5+. The molecule has 0 unspecified atom stereocenters. The molecule has 0 radical (unpaired) electrons. The molecule has 140 valence electrons. The van der Waals surface area contributed by atoms with Crippen LogP contribution >= 0.6 is 0 Å². The van der Waals surface area contributed by atoms with Crippen molar-refractivity contribution in [2.45, 2.75) is 11.8 Å². The van der Waals surface area contributed by atoms with Gasteiger partial charge in [0, 0.05) is 5.56 Å². The SMILES string of the molecule is COc1ccc([C@@H]2[C@]3(C#N)C(N)=[NH+]C4(OCCO4)[C@]23C#N)c(OC)c1OC. The Bertz CT molecular complexity index is 927. The summed E-state index contributed by atoms with van der Waals surface area (Å²) in [4.78, 5) is 2.91. The topological polar surface area (TPSA) is 134 Å². The molecule has 9 nitrogen and oxygen atoms in total. The standard InChI is InChI=1S/C18H18N4O5/c1-23-11-5-4-10(12(24-2)13(11)25-3)14-16(8-19)15(21)22-18(17(14,16)9-20)26-6-7-27-18/h4-5,14H,6-7H2,1-3H3,(H2,21,22)/p+1/t14-,16-,17-/m1/s1. The normalized spacial score (nSPS) is 32.2. The van der Waals surface area contributed by atoms with Crippen molar-refractivity contribution in [2.24, 2.45) is 16.6 Å². The largest absolute Gasteiger partial charge is 0.493 e. The number of nitrogens with one attached hydrogen (secondary N) is 1. The first-order chi connectivity index (χ1) is 13.0. The molecule has 3 atom stereocenters. The predicted molar refractivity (Wildman–Crippen MR) is 89.7 cm³/mol. The van der Waals surface area contributed by atoms with E-state index in [0.717, 1.165) is 0 Å². The number of fused-ring (bicyclic) bond motifs is 2. The number of nitriles is 2. The number of methoxy groups -OCH3 is 3. The van der Waals surface area contributed by atoms with Crippen LogP contribution in [0.3, 0.4) is 0 Å². The van der Waals surface area contributed by atoms with Gasteiger partial charge in [0.15, 0.2) is 22.3 Å². The van der Waals surface area contributed by atoms with Crippen LogP contribution in [0.4, 0.5) is 0 Å². The van der Waals surface area contributed by atoms with E-state index in [4.69, 9.17) is 29.4 Å². The summed E-state index contributed by atoms with van der Waals surface area (Å²) in [5.41, 5.74) is 4.12. The Morgan fingerprint density at radius 3 is 2.26 bits per heavy atom. The highest BCUT2D eigenvalue weighted by molar-refractivity contribution is 5.95. The van der Waals surface area contributed by atoms with E-state index in [-0.39, 0.29) is 5.84 Å². The highest BCUT2D eigenvalue weighted by Gasteiger charge is 2.98. The Morgan fingerprint density at radius 1 is 1.07 bits per heavy atom. The third kappa shape index (κ3) is 1.67. The number of nitrogens with two attached hydrogens (primary N) is 1. The van der Waals surface area contributed by atoms with Crippen molar-refractivity contribution in [2.75, 3.05) is 34.5 Å². The summed E-state index contributed by atoms with van der Waals surface area (Å²) in [6.07, 6.45) is 0. The molecule has 0 amide bonds. The molecule has 1 aromatic carbocycles. The lowest BCUT2D eigenvalue weighted by Crippen LogP contribution is -2.89. The Kier molecular flexibility index (Phi) is 3.54. The third-order valence-electron chi connectivity index (χ3n) is 5.74. The van der Waals surface area contributed by atoms with Crippen LogP contribution in [0.15, 0.2) is 12.1 Å². The fourth-order valence-corrected chi connectivity index (χ4v) is 4.64. The summed E-state index contributed by atoms with van der Waals surface area (Å²) in [7, 11) is 4.49. The highest BCUT2D eigenvalue weighted by Crippen LogP contribution is 2.80. The van der Waals surface area contributed by atoms with Crippen LogP contribution in [0.25, 0.3) is 0 Å². The summed E-state index contributed by atoms with van der Waals surface area (Å²) in [6, 6.07) is 7.96. The predicted octanol–water partition coefficient (Wildman–Crippen LogP) is -1.02. The zero-order valence-electron chi connectivity index (χ0n) is 15.2. The summed E-state index contributed by atoms with van der Waals surface area (Å²) in [5.74, 6) is -0.730. The first kappa shape index (κ1) is 17.4. The molecule has 3 N–H and O–H groups in total. The minimum atomic E-state index is -1.47. The molecule has 2 aliphatic heterocycles. The minimum absolute atomic E-state index is 0.148. The van der Waals surface area contributed by atoms with E-state index in [1.807, 2.05) is 0 Å². The fraction of sp³-hybridized carbons (Fsp3) is 0.500. The zero-order valence-corrected chi connectivity index (χ0v) is 15.2. The Labute approximate surface area is 155 Å². The molecule has 2 fully saturated rings. The number of rotatable bonds is 4. The van der Waals surface area contributed by atoms with Gasteiger partial charge < -0.3 is 23.7 Å². The lowest BCUT2D eigenvalue weighted by molar-refractivity contribution is -0.676. The van der Waals surface area contributed by atoms with E-state index in [0.29, 0.717) is 36.0 Å². The quantitative estimate of drug-likeness (QED) is 0.687. The molecule has 27 heavy (non-hydrogen) atoms. The first-order valence-corrected chi connectivity index (χ1v) is 8.34. The van der Waals surface area contributed by atoms with Crippen molar-refractivity contribution in [3.63, 3.8) is 0 Å². The lowest BCUT2D eigenvalue weighted by atomic mass is 9.93. The summed E-state index contributed by atoms with van der Waals surface area (Å²) in [5, 5.41) is 20.2. The van der Waals surface area contributed by atoms with Crippen LogP contribution < -0.4 is 24.9 Å². The van der Waals surface area contributed by atoms with Crippen LogP contribution in [-0.2, 0) is 9.47 Å². The van der Waals surface area contributed by atoms with Gasteiger partial charge in [0.05, 0.1) is 52.6 Å². The zero-order chi connectivity index (χ0) is 19.4. The molecule has 1 aromatic rings. The monoisotopic (exact) mass is 371 g/mol. The molecule has 9 heteroatoms. The number of amidine groups is 1. The molecule has 2 heterocycles. The first-order valence-electron chi connectivity index (χ1n) is 8.34. The number of hydrogen-bond donors (Lipinski definition) is 2. The smallest absolute Gasteiger partial charge is 0.343 e. The lowest BCUT2D eigenvalue weighted by Gasteiger charge is -2.24. The van der Waals surface area contributed by atoms with Gasteiger partial charge in [-0.1, -0.05) is 6.07 Å². The second-order valence-electron chi connectivity index (χ2n) is 6.55. The number of hydrogen-bond acceptors (Lipinski definition) is 8. The second-order valence-corrected chi connectivity index (χ2v) is 6.55. The number of benzene rings is 1. The second kappa shape index (κ2) is 5.49. The molecule has 3 aliphatic rings. The maximum Gasteiger partial charge on any atom is 0.343 e. The van der Waals surface area contributed by atoms with Gasteiger partial charge in [-0.15, -0.1) is 0 Å². The fourth-order valence-electron chi connectivity index (χ4n) is 4.64. The van der Waals surface area contributed by atoms with Crippen molar-refractivity contribution in [3.05, 3.63) is 17.7 Å². The van der Waals surface area contributed by atoms with Crippen LogP contribution in [0.5, 0.6) is 17.2 Å². The molecule has 1 spiro atoms. The van der Waals surface area contributed by atoms with E-state index in [9.17, 15) is 10.5 Å². The Hall–Kier alpha value is -3.01. The van der Waals surface area contributed by atoms with Crippen molar-refractivity contribution in [1.29, 1.82) is 10.5 Å². The average Bonchev–Trinajstić information content (AvgIpc) is 2.93. The van der Waals surface area contributed by atoms with Gasteiger partial charge in [0.25, 0.3) is 5.84 Å². The highest BCUT2D eigenvalue weighted by atomic mass is 16.8. The molecular weight excluding hydrogens is 352 g/mol. The minimum Gasteiger partial charge on any atom is -0.493 e. The molecule has 4 rings (SSSR count). The van der Waals surface area contributed by atoms with Gasteiger partial charge in [0.2, 0.25) is 5.75 Å². The Morgan fingerprint density at radius 2 is 1.74 bits per heavy atom. The molecule has 1 saturated heterocycles. The van der Waals surface area contributed by atoms with Crippen molar-refractivity contribution in [1.82, 2.24) is 0 Å². The van der Waals surface area contributed by atoms with Crippen LogP contribution in [0, 0.1) is 33.5 Å². The van der Waals surface area contributed by atoms with Gasteiger partial charge >= 0.3 is 5.91 Å². The summed E-state index contributed by atoms with van der Waals surface area (Å²) >= 11 is 0. The van der Waals surface area contributed by atoms with E-state index in [1.165, 1.54) is 21.3 Å². The molecule has 0 bridgehead atoms. The van der Waals surface area contributed by atoms with Crippen LogP contribution in [-0.4, -0.2) is 46.3 Å². The summed E-state index contributed by atoms with van der Waals surface area (Å²) in [6.45, 7) is 0.585. The number of nitrogens with zero attached hydrogens (tertiary/aromatic N) is 2. The molecule has 1 saturated carbocycles. The van der Waals surface area contributed by atoms with Crippen molar-refractivity contribution < 1.29 is 28.7 Å². The van der Waals surface area contributed by atoms with Gasteiger partial charge in [-0.2, -0.15) is 10.5 Å². The van der Waals surface area contributed by atoms with Gasteiger partial charge in [0.1, 0.15) is 0 Å². The van der Waals surface area contributed by atoms with Crippen molar-refractivity contribution in [3.8, 4) is 29.4 Å². The van der Waals surface area contributed by atoms with E-state index >= 15 is 0 Å². The van der Waals surface area contributed by atoms with Crippen molar-refractivity contribution >= 4 is 5.84 Å². The van der Waals surface area contributed by atoms with Gasteiger partial charge in [-0.25, -0.2) is 4.99 Å². The van der Waals surface area contributed by atoms with E-state index in [1.54, 1.807) is 12.1 Å². The third-order valence-corrected chi connectivity index (χ3v) is 5.74.